The minimum Gasteiger partial charge on any atom is -0.494 e. The Morgan fingerprint density at radius 2 is 2.00 bits per heavy atom. The molecule has 154 valence electrons. The van der Waals surface area contributed by atoms with Gasteiger partial charge in [-0.15, -0.1) is 0 Å². The molecule has 1 amide bonds. The fraction of sp³-hybridized carbons (Fsp3) is 0.667. The first-order valence-electron chi connectivity index (χ1n) is 9.75. The molecule has 6 heteroatoms. The van der Waals surface area contributed by atoms with Crippen molar-refractivity contribution in [3.8, 4) is 11.5 Å². The maximum absolute atomic E-state index is 11.7. The summed E-state index contributed by atoms with van der Waals surface area (Å²) in [5.74, 6) is 1.54. The molecule has 0 aliphatic carbocycles. The van der Waals surface area contributed by atoms with Gasteiger partial charge in [-0.05, 0) is 70.7 Å². The molecule has 0 aliphatic rings. The van der Waals surface area contributed by atoms with Gasteiger partial charge in [0, 0.05) is 6.54 Å². The molecule has 0 spiro atoms. The van der Waals surface area contributed by atoms with Gasteiger partial charge < -0.3 is 24.6 Å². The number of aryl methyl sites for hydroxylation is 1. The van der Waals surface area contributed by atoms with Crippen LogP contribution in [0, 0.1) is 0 Å². The van der Waals surface area contributed by atoms with Crippen molar-refractivity contribution in [2.24, 2.45) is 0 Å². The number of alkyl carbamates (subject to hydrolysis) is 1. The molecule has 1 aromatic rings. The topological polar surface area (TPSA) is 77.0 Å². The van der Waals surface area contributed by atoms with Crippen molar-refractivity contribution in [3.63, 3.8) is 0 Å². The summed E-state index contributed by atoms with van der Waals surface area (Å²) in [6.45, 7) is 10.6. The predicted molar refractivity (Wildman–Crippen MR) is 107 cm³/mol. The first-order valence-corrected chi connectivity index (χ1v) is 9.75. The van der Waals surface area contributed by atoms with Crippen LogP contribution in [0.15, 0.2) is 18.2 Å². The van der Waals surface area contributed by atoms with E-state index in [2.05, 4.69) is 12.2 Å². The Balaban J connectivity index is 2.64. The van der Waals surface area contributed by atoms with Crippen molar-refractivity contribution < 1.29 is 24.1 Å². The van der Waals surface area contributed by atoms with Crippen molar-refractivity contribution in [2.45, 2.75) is 72.0 Å². The van der Waals surface area contributed by atoms with Gasteiger partial charge in [0.25, 0.3) is 0 Å². The van der Waals surface area contributed by atoms with Gasteiger partial charge in [-0.25, -0.2) is 4.79 Å². The third-order valence-electron chi connectivity index (χ3n) is 3.67. The molecule has 0 aliphatic heterocycles. The van der Waals surface area contributed by atoms with Crippen LogP contribution in [-0.4, -0.2) is 42.7 Å². The van der Waals surface area contributed by atoms with Crippen LogP contribution >= 0.6 is 0 Å². The van der Waals surface area contributed by atoms with E-state index in [9.17, 15) is 9.90 Å². The number of hydrogen-bond acceptors (Lipinski definition) is 5. The molecule has 0 saturated carbocycles. The smallest absolute Gasteiger partial charge is 0.407 e. The van der Waals surface area contributed by atoms with E-state index in [1.54, 1.807) is 0 Å². The number of aliphatic hydroxyl groups is 1. The minimum atomic E-state index is -0.504. The molecule has 0 unspecified atom stereocenters. The molecule has 6 nitrogen and oxygen atoms in total. The van der Waals surface area contributed by atoms with Gasteiger partial charge in [0.15, 0.2) is 0 Å². The molecule has 0 heterocycles. The van der Waals surface area contributed by atoms with Gasteiger partial charge in [-0.2, -0.15) is 0 Å². The number of ether oxygens (including phenoxy) is 3. The van der Waals surface area contributed by atoms with Crippen LogP contribution in [0.4, 0.5) is 4.79 Å². The van der Waals surface area contributed by atoms with Crippen LogP contribution in [0.2, 0.25) is 0 Å². The molecule has 2 N–H and O–H groups in total. The summed E-state index contributed by atoms with van der Waals surface area (Å²) in [5, 5.41) is 12.0. The number of carbonyl (C=O) groups excluding carboxylic acids is 1. The van der Waals surface area contributed by atoms with E-state index in [0.717, 1.165) is 36.3 Å². The Kier molecular flexibility index (Phi) is 10.0. The third kappa shape index (κ3) is 10.1. The summed E-state index contributed by atoms with van der Waals surface area (Å²) >= 11 is 0. The van der Waals surface area contributed by atoms with E-state index in [1.807, 2.05) is 45.9 Å². The van der Waals surface area contributed by atoms with Crippen molar-refractivity contribution in [1.82, 2.24) is 5.32 Å². The number of nitrogens with one attached hydrogen (secondary N) is 1. The second kappa shape index (κ2) is 11.7. The van der Waals surface area contributed by atoms with Gasteiger partial charge in [0.1, 0.15) is 23.2 Å². The number of aliphatic hydroxyl groups excluding tert-OH is 1. The van der Waals surface area contributed by atoms with Crippen LogP contribution in [0.25, 0.3) is 0 Å². The van der Waals surface area contributed by atoms with Crippen LogP contribution < -0.4 is 14.8 Å². The van der Waals surface area contributed by atoms with Crippen LogP contribution in [0.3, 0.4) is 0 Å². The molecule has 0 bridgehead atoms. The van der Waals surface area contributed by atoms with Crippen LogP contribution in [0.1, 0.15) is 59.4 Å². The Hall–Kier alpha value is -1.95. The highest BCUT2D eigenvalue weighted by atomic mass is 16.6. The number of carbonyl (C=O) groups is 1. The second-order valence-electron chi connectivity index (χ2n) is 7.61. The van der Waals surface area contributed by atoms with Crippen molar-refractivity contribution in [2.75, 3.05) is 19.8 Å². The van der Waals surface area contributed by atoms with Crippen LogP contribution in [-0.2, 0) is 11.2 Å². The van der Waals surface area contributed by atoms with Crippen molar-refractivity contribution in [1.29, 1.82) is 0 Å². The van der Waals surface area contributed by atoms with E-state index in [4.69, 9.17) is 14.2 Å². The largest absolute Gasteiger partial charge is 0.494 e. The monoisotopic (exact) mass is 381 g/mol. The van der Waals surface area contributed by atoms with E-state index < -0.39 is 11.7 Å². The van der Waals surface area contributed by atoms with E-state index in [1.165, 1.54) is 0 Å². The average molecular weight is 382 g/mol. The van der Waals surface area contributed by atoms with Gasteiger partial charge in [-0.3, -0.25) is 0 Å². The Labute approximate surface area is 163 Å². The summed E-state index contributed by atoms with van der Waals surface area (Å²) in [4.78, 5) is 11.7. The lowest BCUT2D eigenvalue weighted by Crippen LogP contribution is -2.33. The lowest BCUT2D eigenvalue weighted by atomic mass is 10.1. The van der Waals surface area contributed by atoms with E-state index >= 15 is 0 Å². The van der Waals surface area contributed by atoms with Crippen LogP contribution in [0.5, 0.6) is 11.5 Å². The first-order chi connectivity index (χ1) is 12.7. The molecule has 1 rings (SSSR count). The fourth-order valence-electron chi connectivity index (χ4n) is 2.33. The summed E-state index contributed by atoms with van der Waals surface area (Å²) in [7, 11) is 0. The van der Waals surface area contributed by atoms with Gasteiger partial charge in [-0.1, -0.05) is 13.3 Å². The lowest BCUT2D eigenvalue weighted by Gasteiger charge is -2.20. The minimum absolute atomic E-state index is 0.0472. The highest BCUT2D eigenvalue weighted by Gasteiger charge is 2.15. The Morgan fingerprint density at radius 3 is 2.63 bits per heavy atom. The van der Waals surface area contributed by atoms with Gasteiger partial charge >= 0.3 is 6.09 Å². The molecule has 1 aromatic carbocycles. The second-order valence-corrected chi connectivity index (χ2v) is 7.61. The normalized spacial score (nSPS) is 12.4. The predicted octanol–water partition coefficient (Wildman–Crippen LogP) is 4.08. The fourth-order valence-corrected chi connectivity index (χ4v) is 2.33. The molecular weight excluding hydrogens is 346 g/mol. The lowest BCUT2D eigenvalue weighted by molar-refractivity contribution is 0.0527. The third-order valence-corrected chi connectivity index (χ3v) is 3.67. The standard InChI is InChI=1S/C21H35NO5/c1-6-7-13-25-18-10-11-19(26-16(2)15-23)17(14-18)9-8-12-22-20(24)27-21(3,4)5/h10-11,14,16,23H,6-9,12-13,15H2,1-5H3,(H,22,24)/t16-/m0/s1. The summed E-state index contributed by atoms with van der Waals surface area (Å²) in [5.41, 5.74) is 0.491. The quantitative estimate of drug-likeness (QED) is 0.565. The zero-order valence-corrected chi connectivity index (χ0v) is 17.3. The molecule has 27 heavy (non-hydrogen) atoms. The zero-order chi connectivity index (χ0) is 20.3. The highest BCUT2D eigenvalue weighted by molar-refractivity contribution is 5.67. The van der Waals surface area contributed by atoms with Gasteiger partial charge in [0.2, 0.25) is 0 Å². The molecule has 0 fully saturated rings. The van der Waals surface area contributed by atoms with E-state index in [-0.39, 0.29) is 12.7 Å². The molecule has 0 radical (unpaired) electrons. The molecule has 0 aromatic heterocycles. The number of unbranched alkanes of at least 4 members (excludes halogenated alkanes) is 1. The van der Waals surface area contributed by atoms with Gasteiger partial charge in [0.05, 0.1) is 13.2 Å². The Bertz CT molecular complexity index is 568. The van der Waals surface area contributed by atoms with Crippen molar-refractivity contribution >= 4 is 6.09 Å². The maximum Gasteiger partial charge on any atom is 0.407 e. The number of benzene rings is 1. The highest BCUT2D eigenvalue weighted by Crippen LogP contribution is 2.26. The maximum atomic E-state index is 11.7. The summed E-state index contributed by atoms with van der Waals surface area (Å²) in [6.07, 6.45) is 2.85. The molecular formula is C21H35NO5. The number of amides is 1. The molecule has 0 saturated heterocycles. The first kappa shape index (κ1) is 23.1. The van der Waals surface area contributed by atoms with Crippen molar-refractivity contribution in [3.05, 3.63) is 23.8 Å². The Morgan fingerprint density at radius 1 is 1.26 bits per heavy atom. The number of rotatable bonds is 11. The average Bonchev–Trinajstić information content (AvgIpc) is 2.59. The number of hydrogen-bond donors (Lipinski definition) is 2. The summed E-state index contributed by atoms with van der Waals surface area (Å²) in [6, 6.07) is 5.74. The summed E-state index contributed by atoms with van der Waals surface area (Å²) < 4.78 is 16.8. The molecule has 1 atom stereocenters. The van der Waals surface area contributed by atoms with E-state index in [0.29, 0.717) is 19.6 Å². The SMILES string of the molecule is CCCCOc1ccc(O[C@@H](C)CO)c(CCCNC(=O)OC(C)(C)C)c1. The zero-order valence-electron chi connectivity index (χ0n) is 17.3.